The van der Waals surface area contributed by atoms with Crippen LogP contribution in [0.15, 0.2) is 30.5 Å². The highest BCUT2D eigenvalue weighted by Crippen LogP contribution is 2.38. The van der Waals surface area contributed by atoms with Crippen molar-refractivity contribution < 1.29 is 32.6 Å². The lowest BCUT2D eigenvalue weighted by Crippen LogP contribution is -2.46. The summed E-state index contributed by atoms with van der Waals surface area (Å²) in [7, 11) is 1.78. The summed E-state index contributed by atoms with van der Waals surface area (Å²) in [5.74, 6) is -2.42. The van der Waals surface area contributed by atoms with Crippen LogP contribution in [0.1, 0.15) is 50.5 Å². The number of ether oxygens (including phenoxy) is 1. The highest BCUT2D eigenvalue weighted by atomic mass is 19.4. The summed E-state index contributed by atoms with van der Waals surface area (Å²) in [5.41, 5.74) is 2.81. The van der Waals surface area contributed by atoms with Crippen molar-refractivity contribution in [3.8, 4) is 0 Å². The number of H-pyrrole nitrogens is 1. The number of aryl methyl sites for hydroxylation is 1. The van der Waals surface area contributed by atoms with Crippen molar-refractivity contribution in [1.82, 2.24) is 14.8 Å². The predicted octanol–water partition coefficient (Wildman–Crippen LogP) is 4.62. The summed E-state index contributed by atoms with van der Waals surface area (Å²) in [6.07, 6.45) is 5.56. The lowest BCUT2D eigenvalue weighted by Gasteiger charge is -2.38. The van der Waals surface area contributed by atoms with Gasteiger partial charge in [-0.3, -0.25) is 9.69 Å². The summed E-state index contributed by atoms with van der Waals surface area (Å²) >= 11 is 0. The van der Waals surface area contributed by atoms with E-state index < -0.39 is 12.1 Å². The molecule has 4 rings (SSSR count). The summed E-state index contributed by atoms with van der Waals surface area (Å²) in [6.45, 7) is 4.84. The Labute approximate surface area is 209 Å². The largest absolute Gasteiger partial charge is 0.490 e. The maximum Gasteiger partial charge on any atom is 0.490 e. The molecule has 10 heteroatoms. The summed E-state index contributed by atoms with van der Waals surface area (Å²) < 4.78 is 37.1. The molecule has 2 N–H and O–H groups in total. The van der Waals surface area contributed by atoms with E-state index in [-0.39, 0.29) is 0 Å². The van der Waals surface area contributed by atoms with Crippen molar-refractivity contribution in [1.29, 1.82) is 0 Å². The number of aliphatic carboxylic acids is 1. The zero-order valence-corrected chi connectivity index (χ0v) is 20.8. The number of likely N-dealkylation sites (tertiary alicyclic amines) is 2. The van der Waals surface area contributed by atoms with Gasteiger partial charge in [-0.25, -0.2) is 4.79 Å². The van der Waals surface area contributed by atoms with Gasteiger partial charge in [-0.1, -0.05) is 18.2 Å². The van der Waals surface area contributed by atoms with Crippen molar-refractivity contribution in [3.63, 3.8) is 0 Å². The van der Waals surface area contributed by atoms with Gasteiger partial charge in [0.2, 0.25) is 5.91 Å². The Kier molecular flexibility index (Phi) is 9.78. The molecule has 0 bridgehead atoms. The number of hydrogen-bond acceptors (Lipinski definition) is 4. The van der Waals surface area contributed by atoms with Crippen LogP contribution in [0.25, 0.3) is 10.9 Å². The number of para-hydroxylation sites is 1. The number of nitrogens with one attached hydrogen (secondary N) is 1. The third-order valence-corrected chi connectivity index (χ3v) is 7.33. The molecule has 1 unspecified atom stereocenters. The quantitative estimate of drug-likeness (QED) is 0.567. The smallest absolute Gasteiger partial charge is 0.475 e. The van der Waals surface area contributed by atoms with E-state index in [0.717, 1.165) is 51.9 Å². The van der Waals surface area contributed by atoms with E-state index in [0.29, 0.717) is 17.9 Å². The minimum absolute atomic E-state index is 0.303. The third-order valence-electron chi connectivity index (χ3n) is 7.33. The Morgan fingerprint density at radius 3 is 2.50 bits per heavy atom. The lowest BCUT2D eigenvalue weighted by molar-refractivity contribution is -0.192. The fourth-order valence-electron chi connectivity index (χ4n) is 5.47. The van der Waals surface area contributed by atoms with Gasteiger partial charge in [0.1, 0.15) is 0 Å². The molecular formula is C26H36F3N3O4. The second kappa shape index (κ2) is 12.6. The molecule has 1 aromatic heterocycles. The van der Waals surface area contributed by atoms with Crippen LogP contribution in [0, 0.1) is 0 Å². The standard InChI is InChI=1S/C24H35N3O2.C2HF3O2/c1-29-18-17-27-15-6-12-24(27)11-5-14-26(16-13-24)23(28)10-4-7-20-19-25-22-9-3-2-8-21(20)22;3-2(4,5)1(6)7/h2-3,8-9,19,25H,4-7,10-18H2,1H3;(H,6,7). The van der Waals surface area contributed by atoms with Crippen LogP contribution in [0.5, 0.6) is 0 Å². The van der Waals surface area contributed by atoms with Crippen molar-refractivity contribution in [3.05, 3.63) is 36.0 Å². The first kappa shape index (κ1) is 28.0. The number of hydrogen-bond donors (Lipinski definition) is 2. The van der Waals surface area contributed by atoms with Gasteiger partial charge in [-0.15, -0.1) is 0 Å². The number of alkyl halides is 3. The van der Waals surface area contributed by atoms with Gasteiger partial charge in [-0.05, 0) is 63.1 Å². The Morgan fingerprint density at radius 1 is 1.11 bits per heavy atom. The predicted molar refractivity (Wildman–Crippen MR) is 131 cm³/mol. The number of aromatic nitrogens is 1. The molecule has 200 valence electrons. The third kappa shape index (κ3) is 7.22. The maximum atomic E-state index is 12.9. The number of nitrogens with zero attached hydrogens (tertiary/aromatic N) is 2. The highest BCUT2D eigenvalue weighted by molar-refractivity contribution is 5.83. The number of carbonyl (C=O) groups is 2. The number of amides is 1. The van der Waals surface area contributed by atoms with Gasteiger partial charge in [0.05, 0.1) is 6.61 Å². The van der Waals surface area contributed by atoms with Crippen LogP contribution in [-0.4, -0.2) is 83.4 Å². The van der Waals surface area contributed by atoms with Crippen molar-refractivity contribution >= 4 is 22.8 Å². The van der Waals surface area contributed by atoms with Gasteiger partial charge in [0.15, 0.2) is 0 Å². The average molecular weight is 512 g/mol. The number of carboxylic acid groups (broad SMARTS) is 1. The second-order valence-corrected chi connectivity index (χ2v) is 9.56. The van der Waals surface area contributed by atoms with E-state index in [2.05, 4.69) is 45.2 Å². The Morgan fingerprint density at radius 2 is 1.81 bits per heavy atom. The molecule has 1 amide bonds. The molecule has 7 nitrogen and oxygen atoms in total. The van der Waals surface area contributed by atoms with Crippen LogP contribution in [-0.2, 0) is 20.7 Å². The first-order chi connectivity index (χ1) is 17.2. The number of methoxy groups -OCH3 is 1. The minimum Gasteiger partial charge on any atom is -0.475 e. The molecule has 1 aromatic carbocycles. The monoisotopic (exact) mass is 511 g/mol. The van der Waals surface area contributed by atoms with Gasteiger partial charge < -0.3 is 19.7 Å². The van der Waals surface area contributed by atoms with E-state index in [9.17, 15) is 18.0 Å². The van der Waals surface area contributed by atoms with Gasteiger partial charge in [0, 0.05) is 55.8 Å². The Balaban J connectivity index is 0.000000454. The fraction of sp³-hybridized carbons (Fsp3) is 0.615. The molecule has 2 aliphatic rings. The van der Waals surface area contributed by atoms with E-state index in [1.165, 1.54) is 42.3 Å². The first-order valence-electron chi connectivity index (χ1n) is 12.5. The lowest BCUT2D eigenvalue weighted by atomic mass is 9.88. The van der Waals surface area contributed by atoms with E-state index in [1.807, 2.05) is 0 Å². The highest BCUT2D eigenvalue weighted by Gasteiger charge is 2.41. The molecule has 0 radical (unpaired) electrons. The summed E-state index contributed by atoms with van der Waals surface area (Å²) in [4.78, 5) is 29.9. The van der Waals surface area contributed by atoms with E-state index in [4.69, 9.17) is 14.6 Å². The number of benzene rings is 1. The molecule has 1 atom stereocenters. The van der Waals surface area contributed by atoms with Gasteiger partial charge in [-0.2, -0.15) is 13.2 Å². The number of carbonyl (C=O) groups excluding carboxylic acids is 1. The van der Waals surface area contributed by atoms with Crippen LogP contribution < -0.4 is 0 Å². The minimum atomic E-state index is -5.08. The molecule has 0 aliphatic carbocycles. The molecular weight excluding hydrogens is 475 g/mol. The summed E-state index contributed by atoms with van der Waals surface area (Å²) in [5, 5.41) is 8.41. The number of carboxylic acids is 1. The molecule has 2 saturated heterocycles. The van der Waals surface area contributed by atoms with E-state index >= 15 is 0 Å². The van der Waals surface area contributed by atoms with E-state index in [1.54, 1.807) is 7.11 Å². The van der Waals surface area contributed by atoms with Crippen LogP contribution in [0.4, 0.5) is 13.2 Å². The Bertz CT molecular complexity index is 1010. The molecule has 2 fully saturated rings. The number of aromatic amines is 1. The van der Waals surface area contributed by atoms with Crippen LogP contribution >= 0.6 is 0 Å². The van der Waals surface area contributed by atoms with Crippen molar-refractivity contribution in [2.24, 2.45) is 0 Å². The van der Waals surface area contributed by atoms with Crippen molar-refractivity contribution in [2.75, 3.05) is 39.9 Å². The molecule has 1 spiro atoms. The number of rotatable bonds is 7. The van der Waals surface area contributed by atoms with Crippen molar-refractivity contribution in [2.45, 2.75) is 63.1 Å². The van der Waals surface area contributed by atoms with Crippen LogP contribution in [0.3, 0.4) is 0 Å². The fourth-order valence-corrected chi connectivity index (χ4v) is 5.47. The van der Waals surface area contributed by atoms with Gasteiger partial charge in [0.25, 0.3) is 0 Å². The van der Waals surface area contributed by atoms with Gasteiger partial charge >= 0.3 is 12.1 Å². The maximum absolute atomic E-state index is 12.9. The molecule has 2 aromatic rings. The first-order valence-corrected chi connectivity index (χ1v) is 12.5. The zero-order valence-electron chi connectivity index (χ0n) is 20.8. The molecule has 36 heavy (non-hydrogen) atoms. The summed E-state index contributed by atoms with van der Waals surface area (Å²) in [6, 6.07) is 8.40. The zero-order chi connectivity index (χ0) is 26.2. The Hall–Kier alpha value is -2.59. The molecule has 2 aliphatic heterocycles. The average Bonchev–Trinajstić information content (AvgIpc) is 3.36. The topological polar surface area (TPSA) is 85.9 Å². The number of halogens is 3. The normalized spacial score (nSPS) is 20.8. The number of fused-ring (bicyclic) bond motifs is 1. The van der Waals surface area contributed by atoms with Crippen LogP contribution in [0.2, 0.25) is 0 Å². The molecule has 3 heterocycles. The second-order valence-electron chi connectivity index (χ2n) is 9.56. The molecule has 0 saturated carbocycles. The SMILES string of the molecule is COCCN1CCCC12CCCN(C(=O)CCCc1c[nH]c3ccccc13)CC2.O=C(O)C(F)(F)F.